The Morgan fingerprint density at radius 2 is 2.05 bits per heavy atom. The van der Waals surface area contributed by atoms with Gasteiger partial charge in [-0.3, -0.25) is 4.79 Å². The molecule has 0 heterocycles. The van der Waals surface area contributed by atoms with Crippen molar-refractivity contribution in [3.8, 4) is 0 Å². The molecule has 0 aromatic heterocycles. The van der Waals surface area contributed by atoms with Crippen LogP contribution in [0.4, 0.5) is 0 Å². The van der Waals surface area contributed by atoms with E-state index < -0.39 is 11.5 Å². The van der Waals surface area contributed by atoms with Crippen LogP contribution in [0, 0.1) is 6.92 Å². The van der Waals surface area contributed by atoms with Gasteiger partial charge in [-0.1, -0.05) is 12.1 Å². The third-order valence-electron chi connectivity index (χ3n) is 2.98. The summed E-state index contributed by atoms with van der Waals surface area (Å²) < 4.78 is 5.07. The summed E-state index contributed by atoms with van der Waals surface area (Å²) in [6.07, 6.45) is 2.54. The first-order valence-corrected chi connectivity index (χ1v) is 6.59. The summed E-state index contributed by atoms with van der Waals surface area (Å²) in [5.74, 6) is -1.23. The van der Waals surface area contributed by atoms with Gasteiger partial charge < -0.3 is 15.2 Å². The number of benzene rings is 1. The summed E-state index contributed by atoms with van der Waals surface area (Å²) in [6.45, 7) is 5.94. The third-order valence-corrected chi connectivity index (χ3v) is 2.98. The van der Waals surface area contributed by atoms with E-state index in [2.05, 4.69) is 5.32 Å². The predicted octanol–water partition coefficient (Wildman–Crippen LogP) is 2.25. The zero-order valence-electron chi connectivity index (χ0n) is 12.8. The van der Waals surface area contributed by atoms with Crippen LogP contribution in [-0.2, 0) is 9.53 Å². The van der Waals surface area contributed by atoms with Crippen molar-refractivity contribution in [3.05, 3.63) is 41.0 Å². The van der Waals surface area contributed by atoms with Crippen LogP contribution >= 0.6 is 0 Å². The first kappa shape index (κ1) is 16.9. The predicted molar refractivity (Wildman–Crippen MR) is 81.3 cm³/mol. The van der Waals surface area contributed by atoms with Crippen LogP contribution in [0.2, 0.25) is 0 Å². The minimum absolute atomic E-state index is 0.208. The van der Waals surface area contributed by atoms with Crippen molar-refractivity contribution in [1.82, 2.24) is 5.32 Å². The van der Waals surface area contributed by atoms with Gasteiger partial charge in [0, 0.05) is 18.7 Å². The molecule has 0 fully saturated rings. The molecule has 0 bridgehead atoms. The Morgan fingerprint density at radius 1 is 1.38 bits per heavy atom. The van der Waals surface area contributed by atoms with E-state index in [1.54, 1.807) is 32.2 Å². The van der Waals surface area contributed by atoms with Gasteiger partial charge in [0.25, 0.3) is 5.91 Å². The minimum atomic E-state index is -1.02. The first-order valence-electron chi connectivity index (χ1n) is 6.59. The Hall–Kier alpha value is -2.14. The van der Waals surface area contributed by atoms with Gasteiger partial charge in [0.1, 0.15) is 0 Å². The van der Waals surface area contributed by atoms with Crippen LogP contribution in [0.3, 0.4) is 0 Å². The molecule has 0 saturated carbocycles. The number of carbonyl (C=O) groups excluding carboxylic acids is 1. The van der Waals surface area contributed by atoms with E-state index in [4.69, 9.17) is 9.84 Å². The molecule has 0 aliphatic heterocycles. The van der Waals surface area contributed by atoms with E-state index in [0.717, 1.165) is 11.6 Å². The molecule has 114 valence electrons. The zero-order chi connectivity index (χ0) is 16.0. The van der Waals surface area contributed by atoms with Gasteiger partial charge in [-0.15, -0.1) is 0 Å². The number of aliphatic carboxylic acids is 1. The van der Waals surface area contributed by atoms with Crippen LogP contribution < -0.4 is 5.32 Å². The van der Waals surface area contributed by atoms with Crippen molar-refractivity contribution in [2.45, 2.75) is 26.3 Å². The summed E-state index contributed by atoms with van der Waals surface area (Å²) in [7, 11) is 1.58. The molecular formula is C16H21NO4. The van der Waals surface area contributed by atoms with Crippen LogP contribution in [0.5, 0.6) is 0 Å². The van der Waals surface area contributed by atoms with Gasteiger partial charge in [0.2, 0.25) is 0 Å². The summed E-state index contributed by atoms with van der Waals surface area (Å²) in [4.78, 5) is 22.9. The molecule has 0 spiro atoms. The maximum atomic E-state index is 12.3. The topological polar surface area (TPSA) is 75.6 Å². The second-order valence-electron chi connectivity index (χ2n) is 5.46. The Labute approximate surface area is 124 Å². The molecule has 0 aliphatic rings. The lowest BCUT2D eigenvalue weighted by Crippen LogP contribution is -2.47. The van der Waals surface area contributed by atoms with Crippen LogP contribution in [0.25, 0.3) is 6.08 Å². The van der Waals surface area contributed by atoms with E-state index in [1.165, 1.54) is 6.08 Å². The average Bonchev–Trinajstić information content (AvgIpc) is 2.36. The van der Waals surface area contributed by atoms with Crippen molar-refractivity contribution in [2.24, 2.45) is 0 Å². The van der Waals surface area contributed by atoms with Gasteiger partial charge in [-0.2, -0.15) is 0 Å². The average molecular weight is 291 g/mol. The summed E-state index contributed by atoms with van der Waals surface area (Å²) in [5.41, 5.74) is 1.48. The van der Waals surface area contributed by atoms with Crippen molar-refractivity contribution in [1.29, 1.82) is 0 Å². The molecule has 5 nitrogen and oxygen atoms in total. The number of nitrogens with one attached hydrogen (secondary N) is 1. The maximum Gasteiger partial charge on any atom is 0.328 e. The fourth-order valence-electron chi connectivity index (χ4n) is 2.01. The molecule has 1 amide bonds. The molecule has 0 aliphatic carbocycles. The van der Waals surface area contributed by atoms with Crippen molar-refractivity contribution in [3.63, 3.8) is 0 Å². The molecule has 1 aromatic carbocycles. The number of methoxy groups -OCH3 is 1. The Morgan fingerprint density at radius 3 is 2.62 bits per heavy atom. The van der Waals surface area contributed by atoms with Crippen molar-refractivity contribution in [2.75, 3.05) is 13.7 Å². The van der Waals surface area contributed by atoms with E-state index in [0.29, 0.717) is 17.7 Å². The molecule has 0 saturated heterocycles. The monoisotopic (exact) mass is 291 g/mol. The number of hydrogen-bond donors (Lipinski definition) is 2. The fourth-order valence-corrected chi connectivity index (χ4v) is 2.01. The first-order chi connectivity index (χ1) is 9.76. The molecular weight excluding hydrogens is 270 g/mol. The molecule has 5 heteroatoms. The lowest BCUT2D eigenvalue weighted by atomic mass is 9.99. The molecule has 0 atom stereocenters. The number of amides is 1. The lowest BCUT2D eigenvalue weighted by molar-refractivity contribution is -0.131. The normalized spacial score (nSPS) is 11.6. The summed E-state index contributed by atoms with van der Waals surface area (Å²) in [6, 6.07) is 5.21. The number of carboxylic acid groups (broad SMARTS) is 1. The Kier molecular flexibility index (Phi) is 5.67. The fraction of sp³-hybridized carbons (Fsp3) is 0.375. The standard InChI is InChI=1S/C16H21NO4/c1-11-12(8-9-14(18)19)6-5-7-13(11)15(20)17-16(2,3)10-21-4/h5-9H,10H2,1-4H3,(H,17,20)(H,18,19)/b9-8+. The summed E-state index contributed by atoms with van der Waals surface area (Å²) in [5, 5.41) is 11.6. The third kappa shape index (κ3) is 5.04. The highest BCUT2D eigenvalue weighted by molar-refractivity contribution is 5.97. The largest absolute Gasteiger partial charge is 0.478 e. The van der Waals surface area contributed by atoms with Gasteiger partial charge >= 0.3 is 5.97 Å². The van der Waals surface area contributed by atoms with Gasteiger partial charge in [0.05, 0.1) is 12.1 Å². The molecule has 1 rings (SSSR count). The Bertz CT molecular complexity index is 561. The molecule has 1 aromatic rings. The van der Waals surface area contributed by atoms with Crippen LogP contribution in [0.1, 0.15) is 35.3 Å². The highest BCUT2D eigenvalue weighted by atomic mass is 16.5. The quantitative estimate of drug-likeness (QED) is 0.788. The number of rotatable bonds is 6. The highest BCUT2D eigenvalue weighted by Crippen LogP contribution is 2.16. The van der Waals surface area contributed by atoms with Crippen molar-refractivity contribution >= 4 is 18.0 Å². The van der Waals surface area contributed by atoms with Crippen molar-refractivity contribution < 1.29 is 19.4 Å². The second-order valence-corrected chi connectivity index (χ2v) is 5.46. The zero-order valence-corrected chi connectivity index (χ0v) is 12.8. The molecule has 21 heavy (non-hydrogen) atoms. The second kappa shape index (κ2) is 7.04. The van der Waals surface area contributed by atoms with E-state index in [1.807, 2.05) is 13.8 Å². The minimum Gasteiger partial charge on any atom is -0.478 e. The maximum absolute atomic E-state index is 12.3. The van der Waals surface area contributed by atoms with Crippen LogP contribution in [-0.4, -0.2) is 36.2 Å². The SMILES string of the molecule is COCC(C)(C)NC(=O)c1cccc(/C=C/C(=O)O)c1C. The van der Waals surface area contributed by atoms with E-state index in [9.17, 15) is 9.59 Å². The highest BCUT2D eigenvalue weighted by Gasteiger charge is 2.22. The van der Waals surface area contributed by atoms with Gasteiger partial charge in [0.15, 0.2) is 0 Å². The Balaban J connectivity index is 3.01. The molecule has 0 radical (unpaired) electrons. The lowest BCUT2D eigenvalue weighted by Gasteiger charge is -2.25. The van der Waals surface area contributed by atoms with E-state index in [-0.39, 0.29) is 5.91 Å². The van der Waals surface area contributed by atoms with E-state index >= 15 is 0 Å². The number of carbonyl (C=O) groups is 2. The van der Waals surface area contributed by atoms with Gasteiger partial charge in [-0.25, -0.2) is 4.79 Å². The number of hydrogen-bond acceptors (Lipinski definition) is 3. The smallest absolute Gasteiger partial charge is 0.328 e. The molecule has 2 N–H and O–H groups in total. The summed E-state index contributed by atoms with van der Waals surface area (Å²) >= 11 is 0. The van der Waals surface area contributed by atoms with Crippen LogP contribution in [0.15, 0.2) is 24.3 Å². The number of carboxylic acids is 1. The number of ether oxygens (including phenoxy) is 1. The van der Waals surface area contributed by atoms with Gasteiger partial charge in [-0.05, 0) is 44.0 Å². The molecule has 0 unspecified atom stereocenters.